The number of nitrogens with two attached hydrogens (primary N) is 1. The molecule has 11 nitrogen and oxygen atoms in total. The van der Waals surface area contributed by atoms with Gasteiger partial charge in [-0.25, -0.2) is 4.98 Å². The minimum absolute atomic E-state index is 0.185. The molecule has 0 saturated heterocycles. The molecule has 0 aliphatic rings. The van der Waals surface area contributed by atoms with Crippen molar-refractivity contribution < 1.29 is 24.3 Å². The van der Waals surface area contributed by atoms with Gasteiger partial charge in [-0.2, -0.15) is 0 Å². The van der Waals surface area contributed by atoms with E-state index in [0.717, 1.165) is 0 Å². The fourth-order valence-corrected chi connectivity index (χ4v) is 1.96. The fraction of sp³-hybridized carbons (Fsp3) is 0.500. The molecule has 0 saturated carbocycles. The number of aromatic amines is 1. The number of H-pyrrole nitrogens is 1. The van der Waals surface area contributed by atoms with Gasteiger partial charge in [0.1, 0.15) is 12.1 Å². The SMILES string of the molecule is CNC(=O)C(Cc1cnc[nH]1)NC(=O)C(C)NC(=O)C(N)CC(=O)O. The smallest absolute Gasteiger partial charge is 0.305 e. The largest absolute Gasteiger partial charge is 0.481 e. The predicted octanol–water partition coefficient (Wildman–Crippen LogP) is -2.51. The van der Waals surface area contributed by atoms with Crippen LogP contribution in [0.1, 0.15) is 19.0 Å². The van der Waals surface area contributed by atoms with Crippen molar-refractivity contribution in [1.29, 1.82) is 0 Å². The lowest BCUT2D eigenvalue weighted by Crippen LogP contribution is -2.55. The van der Waals surface area contributed by atoms with Gasteiger partial charge in [0, 0.05) is 25.4 Å². The third kappa shape index (κ3) is 6.59. The van der Waals surface area contributed by atoms with Crippen LogP contribution < -0.4 is 21.7 Å². The molecule has 0 aliphatic heterocycles. The van der Waals surface area contributed by atoms with E-state index in [9.17, 15) is 19.2 Å². The zero-order valence-electron chi connectivity index (χ0n) is 13.9. The Bertz CT molecular complexity index is 617. The Balaban J connectivity index is 2.64. The van der Waals surface area contributed by atoms with Crippen molar-refractivity contribution in [2.24, 2.45) is 5.73 Å². The van der Waals surface area contributed by atoms with Gasteiger partial charge in [0.2, 0.25) is 17.7 Å². The summed E-state index contributed by atoms with van der Waals surface area (Å²) in [6.07, 6.45) is 2.61. The van der Waals surface area contributed by atoms with Crippen LogP contribution in [0.3, 0.4) is 0 Å². The minimum Gasteiger partial charge on any atom is -0.481 e. The Morgan fingerprint density at radius 2 is 1.92 bits per heavy atom. The molecular formula is C14H22N6O5. The molecule has 7 N–H and O–H groups in total. The van der Waals surface area contributed by atoms with Crippen molar-refractivity contribution in [3.8, 4) is 0 Å². The number of aliphatic carboxylic acids is 1. The third-order valence-electron chi connectivity index (χ3n) is 3.34. The number of carboxylic acid groups (broad SMARTS) is 1. The molecule has 1 aromatic heterocycles. The van der Waals surface area contributed by atoms with E-state index in [4.69, 9.17) is 10.8 Å². The average molecular weight is 354 g/mol. The fourth-order valence-electron chi connectivity index (χ4n) is 1.96. The van der Waals surface area contributed by atoms with Gasteiger partial charge in [0.15, 0.2) is 0 Å². The number of hydrogen-bond donors (Lipinski definition) is 6. The molecule has 1 rings (SSSR count). The van der Waals surface area contributed by atoms with Crippen LogP contribution in [0.4, 0.5) is 0 Å². The predicted molar refractivity (Wildman–Crippen MR) is 86.1 cm³/mol. The number of imidazole rings is 1. The first-order valence-corrected chi connectivity index (χ1v) is 7.51. The van der Waals surface area contributed by atoms with E-state index < -0.39 is 48.2 Å². The second-order valence-corrected chi connectivity index (χ2v) is 5.39. The highest BCUT2D eigenvalue weighted by atomic mass is 16.4. The van der Waals surface area contributed by atoms with E-state index in [1.165, 1.54) is 26.5 Å². The number of carbonyl (C=O) groups excluding carboxylic acids is 3. The van der Waals surface area contributed by atoms with Crippen LogP contribution >= 0.6 is 0 Å². The Kier molecular flexibility index (Phi) is 7.53. The molecule has 0 bridgehead atoms. The maximum atomic E-state index is 12.2. The van der Waals surface area contributed by atoms with E-state index in [0.29, 0.717) is 5.69 Å². The van der Waals surface area contributed by atoms with Crippen molar-refractivity contribution in [3.05, 3.63) is 18.2 Å². The Morgan fingerprint density at radius 1 is 1.24 bits per heavy atom. The topological polar surface area (TPSA) is 179 Å². The highest BCUT2D eigenvalue weighted by Gasteiger charge is 2.26. The van der Waals surface area contributed by atoms with E-state index >= 15 is 0 Å². The summed E-state index contributed by atoms with van der Waals surface area (Å²) in [5.74, 6) is -3.01. The highest BCUT2D eigenvalue weighted by Crippen LogP contribution is 2.00. The zero-order chi connectivity index (χ0) is 19.0. The second kappa shape index (κ2) is 9.37. The lowest BCUT2D eigenvalue weighted by atomic mass is 10.1. The normalized spacial score (nSPS) is 14.0. The number of carboxylic acids is 1. The van der Waals surface area contributed by atoms with E-state index in [2.05, 4.69) is 25.9 Å². The maximum absolute atomic E-state index is 12.2. The number of hydrogen-bond acceptors (Lipinski definition) is 6. The average Bonchev–Trinajstić information content (AvgIpc) is 3.05. The van der Waals surface area contributed by atoms with Crippen molar-refractivity contribution >= 4 is 23.7 Å². The van der Waals surface area contributed by atoms with Gasteiger partial charge in [-0.05, 0) is 6.92 Å². The summed E-state index contributed by atoms with van der Waals surface area (Å²) in [7, 11) is 1.44. The number of aromatic nitrogens is 2. The van der Waals surface area contributed by atoms with E-state index in [1.807, 2.05) is 0 Å². The van der Waals surface area contributed by atoms with Crippen LogP contribution in [0.2, 0.25) is 0 Å². The summed E-state index contributed by atoms with van der Waals surface area (Å²) in [5, 5.41) is 15.9. The Hall–Kier alpha value is -2.95. The summed E-state index contributed by atoms with van der Waals surface area (Å²) in [5.41, 5.74) is 6.08. The van der Waals surface area contributed by atoms with E-state index in [-0.39, 0.29) is 6.42 Å². The molecule has 25 heavy (non-hydrogen) atoms. The van der Waals surface area contributed by atoms with Crippen LogP contribution in [0.5, 0.6) is 0 Å². The number of amides is 3. The first-order chi connectivity index (χ1) is 11.7. The Morgan fingerprint density at radius 3 is 2.44 bits per heavy atom. The molecule has 0 aromatic carbocycles. The van der Waals surface area contributed by atoms with E-state index in [1.54, 1.807) is 0 Å². The van der Waals surface area contributed by atoms with Gasteiger partial charge in [-0.1, -0.05) is 0 Å². The number of likely N-dealkylation sites (N-methyl/N-ethyl adjacent to an activating group) is 1. The summed E-state index contributed by atoms with van der Waals surface area (Å²) < 4.78 is 0. The zero-order valence-corrected chi connectivity index (χ0v) is 13.9. The molecule has 0 aliphatic carbocycles. The van der Waals surface area contributed by atoms with Crippen molar-refractivity contribution in [1.82, 2.24) is 25.9 Å². The van der Waals surface area contributed by atoms with Gasteiger partial charge < -0.3 is 31.8 Å². The van der Waals surface area contributed by atoms with Gasteiger partial charge in [-0.3, -0.25) is 19.2 Å². The molecule has 3 unspecified atom stereocenters. The van der Waals surface area contributed by atoms with Crippen molar-refractivity contribution in [3.63, 3.8) is 0 Å². The van der Waals surface area contributed by atoms with Crippen LogP contribution in [0.15, 0.2) is 12.5 Å². The van der Waals surface area contributed by atoms with Crippen molar-refractivity contribution in [2.75, 3.05) is 7.05 Å². The molecule has 3 amide bonds. The molecule has 3 atom stereocenters. The molecule has 138 valence electrons. The molecule has 1 heterocycles. The first-order valence-electron chi connectivity index (χ1n) is 7.51. The van der Waals surface area contributed by atoms with Gasteiger partial charge in [0.25, 0.3) is 0 Å². The monoisotopic (exact) mass is 354 g/mol. The minimum atomic E-state index is -1.27. The summed E-state index contributed by atoms with van der Waals surface area (Å²) in [4.78, 5) is 53.1. The molecular weight excluding hydrogens is 332 g/mol. The Labute approximate surface area is 143 Å². The number of nitrogens with zero attached hydrogens (tertiary/aromatic N) is 1. The summed E-state index contributed by atoms with van der Waals surface area (Å²) >= 11 is 0. The summed E-state index contributed by atoms with van der Waals surface area (Å²) in [6, 6.07) is -3.14. The van der Waals surface area contributed by atoms with Crippen LogP contribution in [0, 0.1) is 0 Å². The standard InChI is InChI=1S/C14H22N6O5/c1-7(19-13(24)9(15)4-11(21)22)12(23)20-10(14(25)16-2)3-8-5-17-6-18-8/h5-7,9-10H,3-4,15H2,1-2H3,(H,16,25)(H,17,18)(H,19,24)(H,20,23)(H,21,22). The van der Waals surface area contributed by atoms with Gasteiger partial charge in [-0.15, -0.1) is 0 Å². The third-order valence-corrected chi connectivity index (χ3v) is 3.34. The molecule has 0 spiro atoms. The lowest BCUT2D eigenvalue weighted by Gasteiger charge is -2.21. The molecule has 0 radical (unpaired) electrons. The van der Waals surface area contributed by atoms with Crippen LogP contribution in [0.25, 0.3) is 0 Å². The van der Waals surface area contributed by atoms with Gasteiger partial charge >= 0.3 is 5.97 Å². The molecule has 1 aromatic rings. The summed E-state index contributed by atoms with van der Waals surface area (Å²) in [6.45, 7) is 1.40. The molecule has 0 fully saturated rings. The number of carbonyl (C=O) groups is 4. The maximum Gasteiger partial charge on any atom is 0.305 e. The van der Waals surface area contributed by atoms with Crippen LogP contribution in [-0.2, 0) is 25.6 Å². The second-order valence-electron chi connectivity index (χ2n) is 5.39. The number of nitrogens with one attached hydrogen (secondary N) is 4. The quantitative estimate of drug-likeness (QED) is 0.283. The van der Waals surface area contributed by atoms with Gasteiger partial charge in [0.05, 0.1) is 18.8 Å². The van der Waals surface area contributed by atoms with Crippen molar-refractivity contribution in [2.45, 2.75) is 37.9 Å². The number of rotatable bonds is 9. The molecule has 11 heteroatoms. The highest BCUT2D eigenvalue weighted by molar-refractivity contribution is 5.93. The first kappa shape index (κ1) is 20.1. The lowest BCUT2D eigenvalue weighted by molar-refractivity contribution is -0.139. The van der Waals surface area contributed by atoms with Crippen LogP contribution in [-0.4, -0.2) is 63.9 Å².